The number of aliphatic hydroxyl groups is 1. The number of hydrogen-bond donors (Lipinski definition) is 1. The molecule has 16 aromatic rings. The Labute approximate surface area is 773 Å². The minimum atomic E-state index is -1.01. The van der Waals surface area contributed by atoms with Crippen molar-refractivity contribution in [1.82, 2.24) is 0 Å². The van der Waals surface area contributed by atoms with Crippen molar-refractivity contribution in [3.63, 3.8) is 0 Å². The summed E-state index contributed by atoms with van der Waals surface area (Å²) in [4.78, 5) is 0. The van der Waals surface area contributed by atoms with E-state index < -0.39 is 22.3 Å². The van der Waals surface area contributed by atoms with Gasteiger partial charge in [-0.3, -0.25) is 0 Å². The van der Waals surface area contributed by atoms with Crippen LogP contribution in [0.1, 0.15) is 162 Å². The number of unbranched alkanes of at least 4 members (excludes halogenated alkanes) is 1. The summed E-state index contributed by atoms with van der Waals surface area (Å²) in [6.07, 6.45) is 7.83. The van der Waals surface area contributed by atoms with E-state index in [1.807, 2.05) is 0 Å². The Bertz CT molecular complexity index is 6560. The van der Waals surface area contributed by atoms with Crippen molar-refractivity contribution >= 4 is 0 Å². The number of ether oxygens (including phenoxy) is 6. The molecule has 0 amide bonds. The molecule has 0 saturated carbocycles. The van der Waals surface area contributed by atoms with E-state index in [2.05, 4.69) is 416 Å². The van der Waals surface area contributed by atoms with Gasteiger partial charge in [-0.1, -0.05) is 411 Å². The fraction of sp³-hybridized carbons (Fsp3) is 0.226. The van der Waals surface area contributed by atoms with Gasteiger partial charge in [-0.05, 0) is 183 Å². The number of benzene rings is 16. The molecule has 7 nitrogen and oxygen atoms in total. The summed E-state index contributed by atoms with van der Waals surface area (Å²) < 4.78 is 42.7. The molecule has 5 atom stereocenters. The second-order valence-corrected chi connectivity index (χ2v) is 36.6. The summed E-state index contributed by atoms with van der Waals surface area (Å²) in [5.41, 5.74) is 28.4. The monoisotopic (exact) mass is 1710 g/mol. The van der Waals surface area contributed by atoms with Gasteiger partial charge < -0.3 is 33.5 Å². The Hall–Kier alpha value is -13.4. The number of fused-ring (bicyclic) bond motifs is 6. The predicted octanol–water partition coefficient (Wildman–Crippen LogP) is 28.6. The summed E-state index contributed by atoms with van der Waals surface area (Å²) in [6, 6.07) is 143. The molecule has 4 aliphatic rings. The summed E-state index contributed by atoms with van der Waals surface area (Å²) in [7, 11) is 0. The van der Waals surface area contributed by atoms with Crippen molar-refractivity contribution in [3.8, 4) is 89.8 Å². The lowest BCUT2D eigenvalue weighted by Crippen LogP contribution is -2.43. The van der Waals surface area contributed by atoms with Gasteiger partial charge in [0.15, 0.2) is 0 Å². The van der Waals surface area contributed by atoms with Crippen molar-refractivity contribution in [3.05, 3.63) is 477 Å². The molecule has 5 unspecified atom stereocenters. The Morgan fingerprint density at radius 3 is 0.908 bits per heavy atom. The summed E-state index contributed by atoms with van der Waals surface area (Å²) in [6.45, 7) is 11.7. The molecule has 7 heteroatoms. The first-order chi connectivity index (χ1) is 64.6. The van der Waals surface area contributed by atoms with E-state index in [-0.39, 0.29) is 30.8 Å². The Morgan fingerprint density at radius 2 is 0.611 bits per heavy atom. The molecule has 131 heavy (non-hydrogen) atoms. The van der Waals surface area contributed by atoms with Crippen molar-refractivity contribution in [2.45, 2.75) is 127 Å². The molecule has 0 aromatic heterocycles. The molecular formula is C124H114O7. The Kier molecular flexibility index (Phi) is 24.8. The molecule has 2 aliphatic carbocycles. The lowest BCUT2D eigenvalue weighted by atomic mass is 9.66. The van der Waals surface area contributed by atoms with Crippen LogP contribution in [-0.2, 0) is 46.0 Å². The summed E-state index contributed by atoms with van der Waals surface area (Å²) in [5.74, 6) is 3.29. The van der Waals surface area contributed by atoms with Gasteiger partial charge in [0.2, 0.25) is 0 Å². The molecule has 0 spiro atoms. The maximum absolute atomic E-state index is 14.0. The molecule has 16 aromatic carbocycles. The molecule has 2 saturated heterocycles. The van der Waals surface area contributed by atoms with Crippen LogP contribution in [0.15, 0.2) is 388 Å². The lowest BCUT2D eigenvalue weighted by molar-refractivity contribution is -0.0433. The molecule has 2 heterocycles. The normalized spacial score (nSPS) is 15.8. The van der Waals surface area contributed by atoms with Gasteiger partial charge >= 0.3 is 0 Å². The third kappa shape index (κ3) is 16.8. The van der Waals surface area contributed by atoms with Crippen LogP contribution in [0, 0.1) is 10.8 Å². The quantitative estimate of drug-likeness (QED) is 0.0389. The van der Waals surface area contributed by atoms with Crippen LogP contribution in [0.5, 0.6) is 23.0 Å². The molecule has 0 radical (unpaired) electrons. The SMILES string of the molecule is CCCCC(CC)(COc1c(Cc2ccccc2)cc(C2(c3cc(Cc4ccccc4)c(OCC(O)C(CC)(CCC)COc4c(Cc5ccccc5)cc(C5(c6cc(Cc7ccccc7)c(OCC7CO7)c(-c7ccccc7)c6)c6ccccc6-c6ccccc65)cc4-c4ccccc4)c(-c4ccccc4)c3)c3ccccc3-c3ccccc32)cc1-c1ccccc1)C1CO1. The highest BCUT2D eigenvalue weighted by atomic mass is 16.6. The molecule has 0 bridgehead atoms. The van der Waals surface area contributed by atoms with Crippen LogP contribution in [-0.4, -0.2) is 63.1 Å². The van der Waals surface area contributed by atoms with Crippen LogP contribution in [0.25, 0.3) is 66.8 Å². The average molecular weight is 1720 g/mol. The van der Waals surface area contributed by atoms with Gasteiger partial charge in [0, 0.05) is 58.8 Å². The third-order valence-corrected chi connectivity index (χ3v) is 28.7. The van der Waals surface area contributed by atoms with Crippen LogP contribution < -0.4 is 18.9 Å². The standard InChI is InChI=1S/C124H114O7/c1-5-9-67-122(8-4,116-83-127-116)85-131-120-97(71-89-48-24-13-25-49-89)75-101(79-110(120)93-56-32-17-33-57-93)124(113-64-40-36-60-105(113)106-61-37-41-65-114(106)124)99-73-95(69-87-44-20-11-21-45-87)118(108(77-99)91-52-28-15-29-53-91)129-82-115(125)121(7-3,66-6-2)84-130-119-96(70-88-46-22-12-23-47-88)74-100(78-109(119)92-54-30-16-31-55-92)123(111-62-38-34-58-103(111)104-59-35-39-63-112(104)123)98-72-94(68-86-42-18-10-19-43-86)117(128-81-102-80-126-102)107(76-98)90-50-26-14-27-51-90/h10-65,72-79,102,115-116,125H,5-9,66-71,80-85H2,1-4H3. The molecule has 1 N–H and O–H groups in total. The first kappa shape index (κ1) is 85.7. The highest BCUT2D eigenvalue weighted by Crippen LogP contribution is 2.62. The van der Waals surface area contributed by atoms with Gasteiger partial charge in [0.25, 0.3) is 0 Å². The number of hydrogen-bond acceptors (Lipinski definition) is 7. The Balaban J connectivity index is 0.745. The maximum Gasteiger partial charge on any atom is 0.130 e. The zero-order chi connectivity index (χ0) is 88.7. The zero-order valence-corrected chi connectivity index (χ0v) is 75.6. The minimum absolute atomic E-state index is 0.0114. The van der Waals surface area contributed by atoms with Gasteiger partial charge in [-0.2, -0.15) is 0 Å². The molecule has 2 fully saturated rings. The van der Waals surface area contributed by atoms with Crippen LogP contribution in [0.3, 0.4) is 0 Å². The highest BCUT2D eigenvalue weighted by molar-refractivity contribution is 5.91. The Morgan fingerprint density at radius 1 is 0.313 bits per heavy atom. The van der Waals surface area contributed by atoms with Gasteiger partial charge in [-0.15, -0.1) is 0 Å². The first-order valence-electron chi connectivity index (χ1n) is 47.5. The molecule has 652 valence electrons. The number of rotatable bonds is 37. The van der Waals surface area contributed by atoms with E-state index in [4.69, 9.17) is 28.4 Å². The summed E-state index contributed by atoms with van der Waals surface area (Å²) >= 11 is 0. The van der Waals surface area contributed by atoms with E-state index >= 15 is 0 Å². The lowest BCUT2D eigenvalue weighted by Gasteiger charge is -2.39. The van der Waals surface area contributed by atoms with Gasteiger partial charge in [0.05, 0.1) is 49.5 Å². The van der Waals surface area contributed by atoms with Gasteiger partial charge in [0.1, 0.15) is 42.3 Å². The number of epoxide rings is 2. The largest absolute Gasteiger partial charge is 0.492 e. The van der Waals surface area contributed by atoms with E-state index in [0.717, 1.165) is 162 Å². The molecular weight excluding hydrogens is 1600 g/mol. The van der Waals surface area contributed by atoms with Crippen LogP contribution in [0.4, 0.5) is 0 Å². The maximum atomic E-state index is 14.0. The fourth-order valence-corrected chi connectivity index (χ4v) is 21.7. The van der Waals surface area contributed by atoms with Crippen molar-refractivity contribution in [2.24, 2.45) is 10.8 Å². The molecule has 20 rings (SSSR count). The second-order valence-electron chi connectivity index (χ2n) is 36.6. The van der Waals surface area contributed by atoms with E-state index in [1.54, 1.807) is 0 Å². The first-order valence-corrected chi connectivity index (χ1v) is 47.5. The minimum Gasteiger partial charge on any atom is -0.492 e. The third-order valence-electron chi connectivity index (χ3n) is 28.7. The smallest absolute Gasteiger partial charge is 0.130 e. The van der Waals surface area contributed by atoms with Crippen LogP contribution in [0.2, 0.25) is 0 Å². The average Bonchev–Trinajstić information content (AvgIpc) is 1.55. The van der Waals surface area contributed by atoms with E-state index in [9.17, 15) is 5.11 Å². The number of aliphatic hydroxyl groups excluding tert-OH is 1. The topological polar surface area (TPSA) is 82.2 Å². The predicted molar refractivity (Wildman–Crippen MR) is 534 cm³/mol. The van der Waals surface area contributed by atoms with Crippen molar-refractivity contribution in [1.29, 1.82) is 0 Å². The molecule has 2 aliphatic heterocycles. The van der Waals surface area contributed by atoms with E-state index in [0.29, 0.717) is 58.3 Å². The highest BCUT2D eigenvalue weighted by Gasteiger charge is 2.51. The van der Waals surface area contributed by atoms with Crippen LogP contribution >= 0.6 is 0 Å². The summed E-state index contributed by atoms with van der Waals surface area (Å²) in [5, 5.41) is 14.0. The van der Waals surface area contributed by atoms with Gasteiger partial charge in [-0.25, -0.2) is 0 Å². The second kappa shape index (κ2) is 38.0. The fourth-order valence-electron chi connectivity index (χ4n) is 21.7. The zero-order valence-electron chi connectivity index (χ0n) is 75.6. The van der Waals surface area contributed by atoms with Crippen molar-refractivity contribution < 1.29 is 33.5 Å². The van der Waals surface area contributed by atoms with E-state index in [1.165, 1.54) is 55.6 Å². The van der Waals surface area contributed by atoms with Crippen molar-refractivity contribution in [2.75, 3.05) is 39.6 Å².